The zero-order valence-corrected chi connectivity index (χ0v) is 7.76. The van der Waals surface area contributed by atoms with Gasteiger partial charge >= 0.3 is 0 Å². The highest BCUT2D eigenvalue weighted by Crippen LogP contribution is 1.90. The first kappa shape index (κ1) is 9.72. The Morgan fingerprint density at radius 2 is 2.38 bits per heavy atom. The van der Waals surface area contributed by atoms with Gasteiger partial charge in [-0.1, -0.05) is 0 Å². The first-order valence-electron chi connectivity index (χ1n) is 3.44. The van der Waals surface area contributed by atoms with E-state index < -0.39 is 15.7 Å². The van der Waals surface area contributed by atoms with Gasteiger partial charge in [0.05, 0.1) is 0 Å². The third kappa shape index (κ3) is 3.24. The van der Waals surface area contributed by atoms with Crippen molar-refractivity contribution in [2.24, 2.45) is 0 Å². The minimum atomic E-state index is -3.18. The minimum absolute atomic E-state index is 0.239. The number of hydrogen-bond acceptors (Lipinski definition) is 4. The molecule has 0 atom stereocenters. The average Bonchev–Trinajstić information content (AvgIpc) is 2.50. The number of amides is 1. The number of rotatable bonds is 3. The fourth-order valence-corrected chi connectivity index (χ4v) is 1.07. The maximum absolute atomic E-state index is 11.1. The van der Waals surface area contributed by atoms with E-state index >= 15 is 0 Å². The standard InChI is InChI=1S/C6H9N3O3S/c1-13(11,12)4-7-6(10)5-2-3-8-9-5/h2-3H,4H2,1H3,(H,7,10)(H,8,9). The van der Waals surface area contributed by atoms with Crippen molar-refractivity contribution in [3.05, 3.63) is 18.0 Å². The first-order valence-corrected chi connectivity index (χ1v) is 5.50. The molecule has 0 bridgehead atoms. The molecule has 72 valence electrons. The molecule has 0 fully saturated rings. The topological polar surface area (TPSA) is 91.9 Å². The summed E-state index contributed by atoms with van der Waals surface area (Å²) in [5.41, 5.74) is 0.239. The maximum Gasteiger partial charge on any atom is 0.270 e. The van der Waals surface area contributed by atoms with Crippen LogP contribution in [0.3, 0.4) is 0 Å². The molecule has 0 aliphatic carbocycles. The molecule has 1 amide bonds. The Kier molecular flexibility index (Phi) is 2.66. The van der Waals surface area contributed by atoms with E-state index in [1.807, 2.05) is 0 Å². The van der Waals surface area contributed by atoms with E-state index in [1.54, 1.807) is 0 Å². The van der Waals surface area contributed by atoms with E-state index in [-0.39, 0.29) is 11.6 Å². The van der Waals surface area contributed by atoms with Crippen LogP contribution in [0.4, 0.5) is 0 Å². The summed E-state index contributed by atoms with van der Waals surface area (Å²) < 4.78 is 21.3. The Labute approximate surface area is 75.3 Å². The average molecular weight is 203 g/mol. The normalized spacial score (nSPS) is 11.2. The van der Waals surface area contributed by atoms with E-state index in [0.717, 1.165) is 6.26 Å². The zero-order valence-electron chi connectivity index (χ0n) is 6.94. The van der Waals surface area contributed by atoms with Crippen molar-refractivity contribution < 1.29 is 13.2 Å². The van der Waals surface area contributed by atoms with Crippen LogP contribution in [0.2, 0.25) is 0 Å². The Balaban J connectivity index is 2.53. The third-order valence-electron chi connectivity index (χ3n) is 1.24. The van der Waals surface area contributed by atoms with Gasteiger partial charge in [-0.3, -0.25) is 9.89 Å². The van der Waals surface area contributed by atoms with E-state index in [9.17, 15) is 13.2 Å². The van der Waals surface area contributed by atoms with Gasteiger partial charge in [0.25, 0.3) is 5.91 Å². The molecule has 1 rings (SSSR count). The van der Waals surface area contributed by atoms with E-state index in [2.05, 4.69) is 15.5 Å². The van der Waals surface area contributed by atoms with Crippen LogP contribution in [-0.4, -0.2) is 36.7 Å². The number of hydrogen-bond donors (Lipinski definition) is 2. The van der Waals surface area contributed by atoms with Crippen molar-refractivity contribution in [1.82, 2.24) is 15.5 Å². The Morgan fingerprint density at radius 3 is 2.85 bits per heavy atom. The fourth-order valence-electron chi connectivity index (χ4n) is 0.674. The van der Waals surface area contributed by atoms with E-state index in [0.29, 0.717) is 0 Å². The number of carbonyl (C=O) groups is 1. The molecule has 2 N–H and O–H groups in total. The van der Waals surface area contributed by atoms with Crippen molar-refractivity contribution in [1.29, 1.82) is 0 Å². The van der Waals surface area contributed by atoms with E-state index in [4.69, 9.17) is 0 Å². The molecular weight excluding hydrogens is 194 g/mol. The molecule has 13 heavy (non-hydrogen) atoms. The fraction of sp³-hybridized carbons (Fsp3) is 0.333. The number of nitrogens with zero attached hydrogens (tertiary/aromatic N) is 1. The Hall–Kier alpha value is -1.37. The molecular formula is C6H9N3O3S. The second-order valence-corrected chi connectivity index (χ2v) is 4.69. The number of aromatic amines is 1. The van der Waals surface area contributed by atoms with Gasteiger partial charge in [0.15, 0.2) is 9.84 Å². The van der Waals surface area contributed by atoms with Crippen molar-refractivity contribution in [3.8, 4) is 0 Å². The van der Waals surface area contributed by atoms with Crippen LogP contribution in [0.1, 0.15) is 10.5 Å². The van der Waals surface area contributed by atoms with Crippen molar-refractivity contribution in [3.63, 3.8) is 0 Å². The van der Waals surface area contributed by atoms with Crippen LogP contribution >= 0.6 is 0 Å². The van der Waals surface area contributed by atoms with Crippen LogP contribution in [0.25, 0.3) is 0 Å². The summed E-state index contributed by atoms with van der Waals surface area (Å²) in [7, 11) is -3.18. The summed E-state index contributed by atoms with van der Waals surface area (Å²) >= 11 is 0. The zero-order chi connectivity index (χ0) is 9.90. The summed E-state index contributed by atoms with van der Waals surface area (Å²) in [6.45, 7) is 0. The summed E-state index contributed by atoms with van der Waals surface area (Å²) in [5.74, 6) is -0.854. The molecule has 0 aliphatic heterocycles. The molecule has 0 unspecified atom stereocenters. The van der Waals surface area contributed by atoms with Crippen LogP contribution in [0.15, 0.2) is 12.3 Å². The highest BCUT2D eigenvalue weighted by atomic mass is 32.2. The molecule has 1 aromatic rings. The van der Waals surface area contributed by atoms with Crippen LogP contribution in [0, 0.1) is 0 Å². The lowest BCUT2D eigenvalue weighted by atomic mass is 10.4. The predicted octanol–water partition coefficient (Wildman–Crippen LogP) is -0.858. The molecule has 0 radical (unpaired) electrons. The van der Waals surface area contributed by atoms with Gasteiger partial charge in [-0.25, -0.2) is 8.42 Å². The molecule has 1 aromatic heterocycles. The Morgan fingerprint density at radius 1 is 1.69 bits per heavy atom. The van der Waals surface area contributed by atoms with Gasteiger partial charge in [0, 0.05) is 12.5 Å². The molecule has 0 aromatic carbocycles. The molecule has 0 spiro atoms. The SMILES string of the molecule is CS(=O)(=O)CNC(=O)c1ccn[nH]1. The summed E-state index contributed by atoms with van der Waals surface area (Å²) in [4.78, 5) is 11.1. The maximum atomic E-state index is 11.1. The van der Waals surface area contributed by atoms with Crippen molar-refractivity contribution >= 4 is 15.7 Å². The summed E-state index contributed by atoms with van der Waals surface area (Å²) in [6.07, 6.45) is 2.45. The second kappa shape index (κ2) is 3.56. The van der Waals surface area contributed by atoms with E-state index in [1.165, 1.54) is 12.3 Å². The van der Waals surface area contributed by atoms with Crippen LogP contribution in [0.5, 0.6) is 0 Å². The summed E-state index contributed by atoms with van der Waals surface area (Å²) in [5, 5.41) is 8.20. The highest BCUT2D eigenvalue weighted by molar-refractivity contribution is 7.90. The Bertz CT molecular complexity index is 381. The van der Waals surface area contributed by atoms with Gasteiger partial charge < -0.3 is 5.32 Å². The van der Waals surface area contributed by atoms with Crippen LogP contribution < -0.4 is 5.32 Å². The number of aromatic nitrogens is 2. The molecule has 0 aliphatic rings. The highest BCUT2D eigenvalue weighted by Gasteiger charge is 2.08. The van der Waals surface area contributed by atoms with Gasteiger partial charge in [-0.05, 0) is 6.07 Å². The van der Waals surface area contributed by atoms with Gasteiger partial charge in [-0.2, -0.15) is 5.10 Å². The second-order valence-electron chi connectivity index (χ2n) is 2.55. The monoisotopic (exact) mass is 203 g/mol. The third-order valence-corrected chi connectivity index (χ3v) is 1.91. The lowest BCUT2D eigenvalue weighted by molar-refractivity contribution is 0.0955. The van der Waals surface area contributed by atoms with Crippen molar-refractivity contribution in [2.45, 2.75) is 0 Å². The smallest absolute Gasteiger partial charge is 0.270 e. The van der Waals surface area contributed by atoms with Crippen LogP contribution in [-0.2, 0) is 9.84 Å². The van der Waals surface area contributed by atoms with Gasteiger partial charge in [-0.15, -0.1) is 0 Å². The number of H-pyrrole nitrogens is 1. The molecule has 1 heterocycles. The number of sulfone groups is 1. The largest absolute Gasteiger partial charge is 0.337 e. The van der Waals surface area contributed by atoms with Crippen molar-refractivity contribution in [2.75, 3.05) is 12.1 Å². The predicted molar refractivity (Wildman–Crippen MR) is 45.8 cm³/mol. The molecule has 7 heteroatoms. The van der Waals surface area contributed by atoms with Gasteiger partial charge in [0.2, 0.25) is 0 Å². The number of carbonyl (C=O) groups excluding carboxylic acids is 1. The summed E-state index contributed by atoms with van der Waals surface area (Å²) in [6, 6.07) is 1.46. The number of nitrogens with one attached hydrogen (secondary N) is 2. The quantitative estimate of drug-likeness (QED) is 0.668. The lowest BCUT2D eigenvalue weighted by Gasteiger charge is -2.00. The molecule has 6 nitrogen and oxygen atoms in total. The van der Waals surface area contributed by atoms with Gasteiger partial charge in [0.1, 0.15) is 11.6 Å². The minimum Gasteiger partial charge on any atom is -0.337 e. The molecule has 0 saturated heterocycles. The lowest BCUT2D eigenvalue weighted by Crippen LogP contribution is -2.29. The molecule has 0 saturated carbocycles. The first-order chi connectivity index (χ1) is 5.99.